The Balaban J connectivity index is 2.08. The number of hydrogen-bond donors (Lipinski definition) is 0. The molecule has 0 N–H and O–H groups in total. The highest BCUT2D eigenvalue weighted by molar-refractivity contribution is 7.91. The van der Waals surface area contributed by atoms with Gasteiger partial charge in [-0.15, -0.1) is 11.3 Å². The summed E-state index contributed by atoms with van der Waals surface area (Å²) in [6.07, 6.45) is 3.04. The first-order valence-corrected chi connectivity index (χ1v) is 11.3. The molecular formula is C13H22N2O4S3. The minimum Gasteiger partial charge on any atom is -0.213 e. The van der Waals surface area contributed by atoms with Crippen molar-refractivity contribution in [2.24, 2.45) is 0 Å². The summed E-state index contributed by atoms with van der Waals surface area (Å²) >= 11 is 1.31. The van der Waals surface area contributed by atoms with Gasteiger partial charge in [-0.25, -0.2) is 21.1 Å². The van der Waals surface area contributed by atoms with Gasteiger partial charge in [-0.3, -0.25) is 0 Å². The summed E-state index contributed by atoms with van der Waals surface area (Å²) in [5.74, 6) is 0. The van der Waals surface area contributed by atoms with E-state index < -0.39 is 20.0 Å². The number of nitrogens with zero attached hydrogens (tertiary/aromatic N) is 2. The molecule has 2 rings (SSSR count). The van der Waals surface area contributed by atoms with E-state index >= 15 is 0 Å². The molecule has 0 saturated carbocycles. The van der Waals surface area contributed by atoms with Crippen molar-refractivity contribution >= 4 is 31.4 Å². The Morgan fingerprint density at radius 1 is 1.23 bits per heavy atom. The Morgan fingerprint density at radius 2 is 1.82 bits per heavy atom. The van der Waals surface area contributed by atoms with Crippen molar-refractivity contribution in [1.82, 2.24) is 8.61 Å². The second-order valence-electron chi connectivity index (χ2n) is 5.49. The molecule has 1 aliphatic heterocycles. The van der Waals surface area contributed by atoms with Crippen molar-refractivity contribution in [1.29, 1.82) is 0 Å². The number of hydrogen-bond acceptors (Lipinski definition) is 5. The molecule has 0 amide bonds. The summed E-state index contributed by atoms with van der Waals surface area (Å²) in [6.45, 7) is 2.70. The lowest BCUT2D eigenvalue weighted by molar-refractivity contribution is 0.239. The summed E-state index contributed by atoms with van der Waals surface area (Å²) in [6, 6.07) is 3.38. The molecule has 0 unspecified atom stereocenters. The Labute approximate surface area is 136 Å². The molecule has 6 nitrogen and oxygen atoms in total. The smallest absolute Gasteiger partial charge is 0.213 e. The average Bonchev–Trinajstić information content (AvgIpc) is 2.95. The summed E-state index contributed by atoms with van der Waals surface area (Å²) in [7, 11) is -5.14. The second-order valence-corrected chi connectivity index (χ2v) is 10.9. The third kappa shape index (κ3) is 3.70. The van der Waals surface area contributed by atoms with Gasteiger partial charge in [0.1, 0.15) is 4.21 Å². The molecule has 0 radical (unpaired) electrons. The quantitative estimate of drug-likeness (QED) is 0.788. The van der Waals surface area contributed by atoms with Crippen molar-refractivity contribution in [2.75, 3.05) is 26.4 Å². The van der Waals surface area contributed by atoms with Gasteiger partial charge in [0.25, 0.3) is 10.0 Å². The van der Waals surface area contributed by atoms with Crippen LogP contribution in [0.25, 0.3) is 0 Å². The van der Waals surface area contributed by atoms with E-state index in [0.717, 1.165) is 11.3 Å². The molecule has 0 aliphatic carbocycles. The monoisotopic (exact) mass is 366 g/mol. The van der Waals surface area contributed by atoms with Crippen LogP contribution < -0.4 is 0 Å². The zero-order valence-electron chi connectivity index (χ0n) is 13.0. The number of thiophene rings is 1. The fourth-order valence-corrected chi connectivity index (χ4v) is 6.20. The Bertz CT molecular complexity index is 716. The molecule has 0 bridgehead atoms. The zero-order chi connectivity index (χ0) is 16.5. The van der Waals surface area contributed by atoms with Crippen LogP contribution in [-0.2, 0) is 26.5 Å². The van der Waals surface area contributed by atoms with Gasteiger partial charge in [-0.2, -0.15) is 4.31 Å². The van der Waals surface area contributed by atoms with Crippen molar-refractivity contribution in [3.8, 4) is 0 Å². The highest BCUT2D eigenvalue weighted by atomic mass is 32.2. The van der Waals surface area contributed by atoms with Crippen LogP contribution >= 0.6 is 11.3 Å². The molecule has 1 aromatic rings. The minimum atomic E-state index is -3.45. The van der Waals surface area contributed by atoms with E-state index in [-0.39, 0.29) is 6.04 Å². The minimum absolute atomic E-state index is 0.129. The fraction of sp³-hybridized carbons (Fsp3) is 0.692. The third-order valence-corrected chi connectivity index (χ3v) is 8.98. The van der Waals surface area contributed by atoms with Gasteiger partial charge in [-0.05, 0) is 31.4 Å². The highest BCUT2D eigenvalue weighted by Crippen LogP contribution is 2.28. The molecule has 1 aromatic heterocycles. The first kappa shape index (κ1) is 17.9. The van der Waals surface area contributed by atoms with Crippen LogP contribution in [0.1, 0.15) is 24.6 Å². The van der Waals surface area contributed by atoms with Gasteiger partial charge in [0.15, 0.2) is 0 Å². The molecular weight excluding hydrogens is 344 g/mol. The highest BCUT2D eigenvalue weighted by Gasteiger charge is 2.33. The van der Waals surface area contributed by atoms with Gasteiger partial charge in [-0.1, -0.05) is 6.92 Å². The maximum Gasteiger partial charge on any atom is 0.252 e. The molecule has 1 saturated heterocycles. The lowest BCUT2D eigenvalue weighted by atomic mass is 10.1. The summed E-state index contributed by atoms with van der Waals surface area (Å²) < 4.78 is 51.5. The van der Waals surface area contributed by atoms with E-state index in [1.165, 1.54) is 26.2 Å². The maximum absolute atomic E-state index is 12.6. The molecule has 2 heterocycles. The Morgan fingerprint density at radius 3 is 2.27 bits per heavy atom. The molecule has 22 heavy (non-hydrogen) atoms. The molecule has 0 aromatic carbocycles. The molecule has 0 spiro atoms. The maximum atomic E-state index is 12.6. The van der Waals surface area contributed by atoms with Crippen molar-refractivity contribution in [3.63, 3.8) is 0 Å². The summed E-state index contributed by atoms with van der Waals surface area (Å²) in [5.41, 5.74) is 0. The fourth-order valence-electron chi connectivity index (χ4n) is 2.53. The average molecular weight is 367 g/mol. The second kappa shape index (κ2) is 6.56. The van der Waals surface area contributed by atoms with Crippen LogP contribution in [0.3, 0.4) is 0 Å². The van der Waals surface area contributed by atoms with E-state index in [1.54, 1.807) is 13.1 Å². The van der Waals surface area contributed by atoms with Gasteiger partial charge in [0.05, 0.1) is 6.26 Å². The molecule has 9 heteroatoms. The van der Waals surface area contributed by atoms with E-state index in [4.69, 9.17) is 0 Å². The molecule has 126 valence electrons. The standard InChI is InChI=1S/C13H22N2O4S3/c1-4-12-5-6-13(20-12)22(18,19)15-9-7-11(8-10-15)14(2)21(3,16)17/h5-6,11H,4,7-10H2,1-3H3. The predicted molar refractivity (Wildman–Crippen MR) is 88.1 cm³/mol. The number of piperidine rings is 1. The van der Waals surface area contributed by atoms with Crippen molar-refractivity contribution in [3.05, 3.63) is 17.0 Å². The molecule has 1 aliphatic rings. The van der Waals surface area contributed by atoms with E-state index in [1.807, 2.05) is 13.0 Å². The Hall–Kier alpha value is -0.480. The number of sulfonamides is 2. The van der Waals surface area contributed by atoms with Crippen molar-refractivity contribution < 1.29 is 16.8 Å². The van der Waals surface area contributed by atoms with Crippen molar-refractivity contribution in [2.45, 2.75) is 36.4 Å². The van der Waals surface area contributed by atoms with Crippen LogP contribution in [0.4, 0.5) is 0 Å². The van der Waals surface area contributed by atoms with Gasteiger partial charge in [0.2, 0.25) is 10.0 Å². The first-order valence-electron chi connectivity index (χ1n) is 7.18. The SMILES string of the molecule is CCc1ccc(S(=O)(=O)N2CCC(N(C)S(C)(=O)=O)CC2)s1. The van der Waals surface area contributed by atoms with Crippen LogP contribution in [0.2, 0.25) is 0 Å². The molecule has 0 atom stereocenters. The molecule has 1 fully saturated rings. The van der Waals surface area contributed by atoms with Crippen LogP contribution in [0.15, 0.2) is 16.3 Å². The summed E-state index contributed by atoms with van der Waals surface area (Å²) in [5, 5.41) is 0. The van der Waals surface area contributed by atoms with Crippen LogP contribution in [-0.4, -0.2) is 57.9 Å². The normalized spacial score (nSPS) is 18.9. The lowest BCUT2D eigenvalue weighted by Gasteiger charge is -2.34. The third-order valence-electron chi connectivity index (χ3n) is 4.04. The predicted octanol–water partition coefficient (Wildman–Crippen LogP) is 1.35. The van der Waals surface area contributed by atoms with E-state index in [9.17, 15) is 16.8 Å². The number of aryl methyl sites for hydroxylation is 1. The van der Waals surface area contributed by atoms with E-state index in [2.05, 4.69) is 0 Å². The van der Waals surface area contributed by atoms with Gasteiger partial charge in [0, 0.05) is 31.1 Å². The van der Waals surface area contributed by atoms with Crippen LogP contribution in [0.5, 0.6) is 0 Å². The zero-order valence-corrected chi connectivity index (χ0v) is 15.5. The van der Waals surface area contributed by atoms with Gasteiger partial charge < -0.3 is 0 Å². The Kier molecular flexibility index (Phi) is 5.33. The van der Waals surface area contributed by atoms with E-state index in [0.29, 0.717) is 30.1 Å². The van der Waals surface area contributed by atoms with Gasteiger partial charge >= 0.3 is 0 Å². The van der Waals surface area contributed by atoms with Crippen LogP contribution in [0, 0.1) is 0 Å². The summed E-state index contributed by atoms with van der Waals surface area (Å²) in [4.78, 5) is 1.05. The number of rotatable bonds is 5. The lowest BCUT2D eigenvalue weighted by Crippen LogP contribution is -2.46. The topological polar surface area (TPSA) is 74.8 Å². The first-order chi connectivity index (χ1) is 10.2. The largest absolute Gasteiger partial charge is 0.252 e.